The number of methoxy groups -OCH3 is 1. The van der Waals surface area contributed by atoms with Crippen molar-refractivity contribution in [3.8, 4) is 5.75 Å². The number of rotatable bonds is 6. The highest BCUT2D eigenvalue weighted by atomic mass is 127. The summed E-state index contributed by atoms with van der Waals surface area (Å²) in [5.74, 6) is 2.00. The van der Waals surface area contributed by atoms with E-state index in [1.807, 2.05) is 13.1 Å². The van der Waals surface area contributed by atoms with Crippen LogP contribution in [0.2, 0.25) is 0 Å². The molecule has 0 unspecified atom stereocenters. The summed E-state index contributed by atoms with van der Waals surface area (Å²) >= 11 is 0. The molecule has 1 saturated heterocycles. The molecule has 170 valence electrons. The third-order valence-corrected chi connectivity index (χ3v) is 6.58. The summed E-state index contributed by atoms with van der Waals surface area (Å²) in [7, 11) is 3.65. The van der Waals surface area contributed by atoms with Gasteiger partial charge in [-0.15, -0.1) is 24.0 Å². The topological polar surface area (TPSA) is 66.1 Å². The van der Waals surface area contributed by atoms with E-state index in [0.29, 0.717) is 0 Å². The first-order valence-electron chi connectivity index (χ1n) is 10.9. The summed E-state index contributed by atoms with van der Waals surface area (Å²) < 4.78 is 10.7. The zero-order valence-corrected chi connectivity index (χ0v) is 20.9. The second-order valence-corrected chi connectivity index (χ2v) is 8.34. The number of para-hydroxylation sites is 1. The van der Waals surface area contributed by atoms with Gasteiger partial charge in [0, 0.05) is 63.4 Å². The molecule has 0 radical (unpaired) electrons. The molecule has 1 saturated carbocycles. The predicted molar refractivity (Wildman–Crippen MR) is 133 cm³/mol. The smallest absolute Gasteiger partial charge is 0.193 e. The van der Waals surface area contributed by atoms with Crippen LogP contribution in [0.5, 0.6) is 5.75 Å². The molecular weight excluding hydrogens is 505 g/mol. The van der Waals surface area contributed by atoms with E-state index in [-0.39, 0.29) is 29.4 Å². The van der Waals surface area contributed by atoms with Gasteiger partial charge in [-0.05, 0) is 18.9 Å². The van der Waals surface area contributed by atoms with Gasteiger partial charge in [0.25, 0.3) is 0 Å². The fraction of sp³-hybridized carbons (Fsp3) is 0.565. The number of hydrogen-bond donors (Lipinski definition) is 1. The lowest BCUT2D eigenvalue weighted by atomic mass is 9.78. The van der Waals surface area contributed by atoms with E-state index in [1.165, 1.54) is 31.2 Å². The fourth-order valence-electron chi connectivity index (χ4n) is 4.92. The maximum absolute atomic E-state index is 5.70. The van der Waals surface area contributed by atoms with Gasteiger partial charge in [-0.2, -0.15) is 0 Å². The largest absolute Gasteiger partial charge is 0.496 e. The van der Waals surface area contributed by atoms with Crippen molar-refractivity contribution in [1.29, 1.82) is 0 Å². The fourth-order valence-corrected chi connectivity index (χ4v) is 4.92. The molecule has 2 heterocycles. The number of aromatic nitrogens is 1. The minimum absolute atomic E-state index is 0. The first-order valence-corrected chi connectivity index (χ1v) is 10.9. The number of hydrogen-bond acceptors (Lipinski definition) is 5. The molecule has 1 aromatic heterocycles. The summed E-state index contributed by atoms with van der Waals surface area (Å²) in [4.78, 5) is 9.37. The number of halogens is 1. The van der Waals surface area contributed by atoms with Crippen LogP contribution < -0.4 is 10.1 Å². The molecule has 1 aliphatic heterocycles. The molecule has 4 rings (SSSR count). The van der Waals surface area contributed by atoms with E-state index in [0.717, 1.165) is 56.7 Å². The van der Waals surface area contributed by atoms with Gasteiger partial charge in [0.1, 0.15) is 12.0 Å². The van der Waals surface area contributed by atoms with E-state index < -0.39 is 0 Å². The molecule has 1 N–H and O–H groups in total. The molecule has 0 bridgehead atoms. The van der Waals surface area contributed by atoms with Gasteiger partial charge in [-0.25, -0.2) is 0 Å². The minimum atomic E-state index is 0. The van der Waals surface area contributed by atoms with Gasteiger partial charge in [0.05, 0.1) is 12.8 Å². The Kier molecular flexibility index (Phi) is 8.59. The summed E-state index contributed by atoms with van der Waals surface area (Å²) in [5, 5.41) is 7.73. The molecule has 31 heavy (non-hydrogen) atoms. The quantitative estimate of drug-likeness (QED) is 0.345. The van der Waals surface area contributed by atoms with Gasteiger partial charge < -0.3 is 19.5 Å². The number of nitrogens with one attached hydrogen (secondary N) is 1. The highest BCUT2D eigenvalue weighted by molar-refractivity contribution is 14.0. The molecule has 2 aromatic rings. The second kappa shape index (κ2) is 11.2. The number of aliphatic imine (C=N–C) groups is 1. The normalized spacial score (nSPS) is 19.2. The van der Waals surface area contributed by atoms with E-state index in [4.69, 9.17) is 9.26 Å². The lowest BCUT2D eigenvalue weighted by Gasteiger charge is -2.38. The predicted octanol–water partition coefficient (Wildman–Crippen LogP) is 3.51. The number of ether oxygens (including phenoxy) is 1. The van der Waals surface area contributed by atoms with Crippen molar-refractivity contribution >= 4 is 29.9 Å². The van der Waals surface area contributed by atoms with Gasteiger partial charge in [-0.1, -0.05) is 36.2 Å². The average Bonchev–Trinajstić information content (AvgIpc) is 3.48. The van der Waals surface area contributed by atoms with Crippen LogP contribution in [0.3, 0.4) is 0 Å². The number of nitrogens with zero attached hydrogens (tertiary/aromatic N) is 4. The zero-order valence-electron chi connectivity index (χ0n) is 18.5. The summed E-state index contributed by atoms with van der Waals surface area (Å²) in [6.07, 6.45) is 6.53. The standard InChI is InChI=1S/C23H33N5O2.HI/c1-24-22(28-14-12-27(13-15-28)17-19-9-16-30-26-19)25-18-23(10-5-6-11-23)20-7-3-4-8-21(20)29-2;/h3-4,7-9,16H,5-6,10-15,17-18H2,1-2H3,(H,24,25);1H. The van der Waals surface area contributed by atoms with Crippen LogP contribution in [0.1, 0.15) is 36.9 Å². The SMILES string of the molecule is CN=C(NCC1(c2ccccc2OC)CCCC1)N1CCN(Cc2ccon2)CC1.I. The third-order valence-electron chi connectivity index (χ3n) is 6.58. The zero-order chi connectivity index (χ0) is 20.8. The van der Waals surface area contributed by atoms with Crippen LogP contribution in [-0.4, -0.2) is 67.8 Å². The van der Waals surface area contributed by atoms with E-state index in [1.54, 1.807) is 13.4 Å². The molecule has 1 aliphatic carbocycles. The average molecular weight is 539 g/mol. The molecule has 0 amide bonds. The number of piperazine rings is 1. The number of benzene rings is 1. The highest BCUT2D eigenvalue weighted by Crippen LogP contribution is 2.44. The lowest BCUT2D eigenvalue weighted by Crippen LogP contribution is -2.53. The van der Waals surface area contributed by atoms with Crippen LogP contribution in [0.4, 0.5) is 0 Å². The Morgan fingerprint density at radius 1 is 1.16 bits per heavy atom. The van der Waals surface area contributed by atoms with Crippen molar-refractivity contribution < 1.29 is 9.26 Å². The molecule has 1 aromatic carbocycles. The van der Waals surface area contributed by atoms with Crippen molar-refractivity contribution in [2.24, 2.45) is 4.99 Å². The Hall–Kier alpha value is -1.81. The van der Waals surface area contributed by atoms with Gasteiger partial charge >= 0.3 is 0 Å². The lowest BCUT2D eigenvalue weighted by molar-refractivity contribution is 0.168. The van der Waals surface area contributed by atoms with E-state index >= 15 is 0 Å². The van der Waals surface area contributed by atoms with Crippen molar-refractivity contribution in [3.05, 3.63) is 47.9 Å². The molecule has 8 heteroatoms. The third kappa shape index (κ3) is 5.52. The Bertz CT molecular complexity index is 828. The molecule has 0 atom stereocenters. The Morgan fingerprint density at radius 2 is 1.90 bits per heavy atom. The second-order valence-electron chi connectivity index (χ2n) is 8.34. The molecule has 0 spiro atoms. The van der Waals surface area contributed by atoms with Crippen molar-refractivity contribution in [3.63, 3.8) is 0 Å². The van der Waals surface area contributed by atoms with Crippen LogP contribution in [0.25, 0.3) is 0 Å². The molecule has 7 nitrogen and oxygen atoms in total. The van der Waals surface area contributed by atoms with E-state index in [9.17, 15) is 0 Å². The van der Waals surface area contributed by atoms with Crippen LogP contribution in [-0.2, 0) is 12.0 Å². The van der Waals surface area contributed by atoms with Crippen LogP contribution in [0, 0.1) is 0 Å². The van der Waals surface area contributed by atoms with Crippen LogP contribution >= 0.6 is 24.0 Å². The molecule has 2 aliphatic rings. The first-order chi connectivity index (χ1) is 14.7. The van der Waals surface area contributed by atoms with E-state index in [2.05, 4.69) is 49.5 Å². The maximum Gasteiger partial charge on any atom is 0.193 e. The monoisotopic (exact) mass is 539 g/mol. The highest BCUT2D eigenvalue weighted by Gasteiger charge is 2.38. The van der Waals surface area contributed by atoms with Crippen LogP contribution in [0.15, 0.2) is 46.1 Å². The van der Waals surface area contributed by atoms with Gasteiger partial charge in [0.15, 0.2) is 5.96 Å². The Morgan fingerprint density at radius 3 is 2.55 bits per heavy atom. The molecule has 2 fully saturated rings. The minimum Gasteiger partial charge on any atom is -0.496 e. The van der Waals surface area contributed by atoms with Gasteiger partial charge in [-0.3, -0.25) is 9.89 Å². The summed E-state index contributed by atoms with van der Waals surface area (Å²) in [6.45, 7) is 5.63. The number of guanidine groups is 1. The Balaban J connectivity index is 0.00000272. The van der Waals surface area contributed by atoms with Crippen molar-refractivity contribution in [1.82, 2.24) is 20.3 Å². The Labute approximate surface area is 202 Å². The van der Waals surface area contributed by atoms with Crippen molar-refractivity contribution in [2.45, 2.75) is 37.6 Å². The first kappa shape index (κ1) is 23.8. The van der Waals surface area contributed by atoms with Gasteiger partial charge in [0.2, 0.25) is 0 Å². The summed E-state index contributed by atoms with van der Waals surface area (Å²) in [6, 6.07) is 10.4. The maximum atomic E-state index is 5.70. The summed E-state index contributed by atoms with van der Waals surface area (Å²) in [5.41, 5.74) is 2.42. The molecular formula is C23H34IN5O2. The van der Waals surface area contributed by atoms with Crippen molar-refractivity contribution in [2.75, 3.05) is 46.9 Å².